The van der Waals surface area contributed by atoms with Gasteiger partial charge in [-0.2, -0.15) is 0 Å². The van der Waals surface area contributed by atoms with Crippen LogP contribution in [0.5, 0.6) is 17.2 Å². The number of carbonyl (C=O) groups excluding carboxylic acids is 1. The molecule has 6 nitrogen and oxygen atoms in total. The number of likely N-dealkylation sites (tertiary alicyclic amines) is 1. The summed E-state index contributed by atoms with van der Waals surface area (Å²) < 4.78 is 16.1. The van der Waals surface area contributed by atoms with Crippen molar-refractivity contribution in [3.8, 4) is 17.2 Å². The summed E-state index contributed by atoms with van der Waals surface area (Å²) in [4.78, 5) is 15.2. The normalized spacial score (nSPS) is 15.1. The molecule has 1 N–H and O–H groups in total. The molecule has 0 spiro atoms. The Hall–Kier alpha value is -2.73. The molecule has 1 unspecified atom stereocenters. The van der Waals surface area contributed by atoms with Crippen molar-refractivity contribution < 1.29 is 19.0 Å². The highest BCUT2D eigenvalue weighted by Crippen LogP contribution is 2.31. The Morgan fingerprint density at radius 2 is 1.64 bits per heavy atom. The molecule has 1 amide bonds. The number of hydrogen-bond acceptors (Lipinski definition) is 5. The number of benzene rings is 2. The lowest BCUT2D eigenvalue weighted by Gasteiger charge is -2.29. The van der Waals surface area contributed by atoms with Crippen LogP contribution in [0.15, 0.2) is 42.5 Å². The first-order chi connectivity index (χ1) is 13.7. The summed E-state index contributed by atoms with van der Waals surface area (Å²) in [5.74, 6) is 1.85. The quantitative estimate of drug-likeness (QED) is 0.757. The van der Waals surface area contributed by atoms with Crippen LogP contribution in [-0.4, -0.2) is 51.8 Å². The molecule has 1 atom stereocenters. The van der Waals surface area contributed by atoms with Gasteiger partial charge in [0.25, 0.3) is 5.91 Å². The minimum Gasteiger partial charge on any atom is -0.496 e. The Kier molecular flexibility index (Phi) is 6.76. The first kappa shape index (κ1) is 20.0. The molecule has 0 aromatic heterocycles. The van der Waals surface area contributed by atoms with Crippen LogP contribution in [0, 0.1) is 0 Å². The Bertz CT molecular complexity index is 803. The third kappa shape index (κ3) is 4.39. The molecule has 1 aliphatic heterocycles. The minimum atomic E-state index is -0.139. The van der Waals surface area contributed by atoms with Gasteiger partial charge in [0.2, 0.25) is 0 Å². The summed E-state index contributed by atoms with van der Waals surface area (Å²) in [7, 11) is 4.82. The van der Waals surface area contributed by atoms with Gasteiger partial charge in [-0.1, -0.05) is 18.2 Å². The first-order valence-corrected chi connectivity index (χ1v) is 9.55. The van der Waals surface area contributed by atoms with E-state index in [9.17, 15) is 4.79 Å². The predicted octanol–water partition coefficient (Wildman–Crippen LogP) is 3.28. The molecular weight excluding hydrogens is 356 g/mol. The van der Waals surface area contributed by atoms with E-state index in [-0.39, 0.29) is 11.9 Å². The first-order valence-electron chi connectivity index (χ1n) is 9.55. The Balaban J connectivity index is 1.77. The van der Waals surface area contributed by atoms with Crippen molar-refractivity contribution in [1.82, 2.24) is 10.2 Å². The fourth-order valence-corrected chi connectivity index (χ4v) is 3.70. The number of para-hydroxylation sites is 1. The van der Waals surface area contributed by atoms with Crippen LogP contribution in [0.25, 0.3) is 0 Å². The summed E-state index contributed by atoms with van der Waals surface area (Å²) in [5.41, 5.74) is 1.64. The van der Waals surface area contributed by atoms with E-state index >= 15 is 0 Å². The number of nitrogens with zero attached hydrogens (tertiary/aromatic N) is 1. The van der Waals surface area contributed by atoms with Crippen molar-refractivity contribution in [2.45, 2.75) is 18.9 Å². The second-order valence-corrected chi connectivity index (χ2v) is 6.78. The van der Waals surface area contributed by atoms with Gasteiger partial charge in [-0.15, -0.1) is 0 Å². The summed E-state index contributed by atoms with van der Waals surface area (Å²) >= 11 is 0. The van der Waals surface area contributed by atoms with Gasteiger partial charge in [0.15, 0.2) is 11.5 Å². The maximum Gasteiger partial charge on any atom is 0.251 e. The predicted molar refractivity (Wildman–Crippen MR) is 108 cm³/mol. The van der Waals surface area contributed by atoms with E-state index in [1.807, 2.05) is 18.2 Å². The van der Waals surface area contributed by atoms with Gasteiger partial charge < -0.3 is 19.5 Å². The van der Waals surface area contributed by atoms with Gasteiger partial charge in [-0.3, -0.25) is 9.69 Å². The average molecular weight is 384 g/mol. The fourth-order valence-electron chi connectivity index (χ4n) is 3.70. The van der Waals surface area contributed by atoms with Crippen LogP contribution in [-0.2, 0) is 0 Å². The van der Waals surface area contributed by atoms with E-state index in [1.165, 1.54) is 12.8 Å². The molecule has 1 heterocycles. The fraction of sp³-hybridized carbons (Fsp3) is 0.409. The smallest absolute Gasteiger partial charge is 0.251 e. The van der Waals surface area contributed by atoms with Crippen molar-refractivity contribution in [1.29, 1.82) is 0 Å². The van der Waals surface area contributed by atoms with Crippen molar-refractivity contribution in [2.24, 2.45) is 0 Å². The van der Waals surface area contributed by atoms with Crippen molar-refractivity contribution in [3.63, 3.8) is 0 Å². The maximum atomic E-state index is 12.8. The largest absolute Gasteiger partial charge is 0.496 e. The van der Waals surface area contributed by atoms with Crippen LogP contribution < -0.4 is 19.5 Å². The molecule has 1 aliphatic rings. The Morgan fingerprint density at radius 3 is 2.32 bits per heavy atom. The number of rotatable bonds is 8. The van der Waals surface area contributed by atoms with Crippen molar-refractivity contribution >= 4 is 5.91 Å². The molecule has 0 bridgehead atoms. The summed E-state index contributed by atoms with van der Waals surface area (Å²) in [6, 6.07) is 13.3. The lowest BCUT2D eigenvalue weighted by molar-refractivity contribution is 0.0937. The molecule has 6 heteroatoms. The lowest BCUT2D eigenvalue weighted by Crippen LogP contribution is -2.37. The van der Waals surface area contributed by atoms with Gasteiger partial charge in [-0.05, 0) is 50.2 Å². The van der Waals surface area contributed by atoms with E-state index in [0.29, 0.717) is 23.6 Å². The lowest BCUT2D eigenvalue weighted by atomic mass is 10.0. The van der Waals surface area contributed by atoms with E-state index in [0.717, 1.165) is 24.4 Å². The highest BCUT2D eigenvalue weighted by Gasteiger charge is 2.26. The summed E-state index contributed by atoms with van der Waals surface area (Å²) in [6.07, 6.45) is 2.35. The van der Waals surface area contributed by atoms with Crippen LogP contribution >= 0.6 is 0 Å². The van der Waals surface area contributed by atoms with E-state index in [1.54, 1.807) is 39.5 Å². The molecule has 150 valence electrons. The second-order valence-electron chi connectivity index (χ2n) is 6.78. The highest BCUT2D eigenvalue weighted by atomic mass is 16.5. The molecule has 2 aromatic carbocycles. The number of methoxy groups -OCH3 is 3. The summed E-state index contributed by atoms with van der Waals surface area (Å²) in [6.45, 7) is 2.55. The molecule has 2 aromatic rings. The average Bonchev–Trinajstić information content (AvgIpc) is 3.28. The van der Waals surface area contributed by atoms with Gasteiger partial charge in [-0.25, -0.2) is 0 Å². The summed E-state index contributed by atoms with van der Waals surface area (Å²) in [5, 5.41) is 3.08. The van der Waals surface area contributed by atoms with E-state index in [2.05, 4.69) is 16.3 Å². The SMILES string of the molecule is COc1ccc(C(=O)NCC(c2ccccc2OC)N2CCCC2)cc1OC. The number of hydrogen-bond donors (Lipinski definition) is 1. The van der Waals surface area contributed by atoms with Gasteiger partial charge in [0.1, 0.15) is 5.75 Å². The molecule has 3 rings (SSSR count). The molecule has 0 aliphatic carbocycles. The third-order valence-electron chi connectivity index (χ3n) is 5.18. The molecule has 1 fully saturated rings. The second kappa shape index (κ2) is 9.46. The third-order valence-corrected chi connectivity index (χ3v) is 5.18. The molecule has 1 saturated heterocycles. The Morgan fingerprint density at radius 1 is 0.964 bits per heavy atom. The zero-order valence-corrected chi connectivity index (χ0v) is 16.7. The van der Waals surface area contributed by atoms with Gasteiger partial charge in [0, 0.05) is 17.7 Å². The number of nitrogens with one attached hydrogen (secondary N) is 1. The monoisotopic (exact) mass is 384 g/mol. The zero-order valence-electron chi connectivity index (χ0n) is 16.7. The molecule has 0 radical (unpaired) electrons. The Labute approximate surface area is 166 Å². The highest BCUT2D eigenvalue weighted by molar-refractivity contribution is 5.94. The van der Waals surface area contributed by atoms with Crippen molar-refractivity contribution in [3.05, 3.63) is 53.6 Å². The standard InChI is InChI=1S/C22H28N2O4/c1-26-19-9-5-4-8-17(19)18(24-12-6-7-13-24)15-23-22(25)16-10-11-20(27-2)21(14-16)28-3/h4-5,8-11,14,18H,6-7,12-13,15H2,1-3H3,(H,23,25). The van der Waals surface area contributed by atoms with Crippen LogP contribution in [0.1, 0.15) is 34.8 Å². The van der Waals surface area contributed by atoms with Gasteiger partial charge >= 0.3 is 0 Å². The van der Waals surface area contributed by atoms with Crippen LogP contribution in [0.2, 0.25) is 0 Å². The van der Waals surface area contributed by atoms with E-state index < -0.39 is 0 Å². The molecular formula is C22H28N2O4. The number of amides is 1. The zero-order chi connectivity index (χ0) is 19.9. The molecule has 28 heavy (non-hydrogen) atoms. The van der Waals surface area contributed by atoms with Crippen LogP contribution in [0.4, 0.5) is 0 Å². The van der Waals surface area contributed by atoms with Crippen molar-refractivity contribution in [2.75, 3.05) is 41.0 Å². The number of carbonyl (C=O) groups is 1. The van der Waals surface area contributed by atoms with Gasteiger partial charge in [0.05, 0.1) is 27.4 Å². The van der Waals surface area contributed by atoms with E-state index in [4.69, 9.17) is 14.2 Å². The molecule has 0 saturated carbocycles. The number of ether oxygens (including phenoxy) is 3. The maximum absolute atomic E-state index is 12.8. The minimum absolute atomic E-state index is 0.0720. The van der Waals surface area contributed by atoms with Crippen LogP contribution in [0.3, 0.4) is 0 Å². The topological polar surface area (TPSA) is 60.0 Å².